The monoisotopic (exact) mass is 323 g/mol. The van der Waals surface area contributed by atoms with Gasteiger partial charge in [0, 0.05) is 48.9 Å². The lowest BCUT2D eigenvalue weighted by molar-refractivity contribution is -0.00710. The first kappa shape index (κ1) is 16.1. The van der Waals surface area contributed by atoms with Crippen molar-refractivity contribution in [3.63, 3.8) is 0 Å². The third kappa shape index (κ3) is 3.75. The highest BCUT2D eigenvalue weighted by Gasteiger charge is 2.27. The lowest BCUT2D eigenvalue weighted by Gasteiger charge is -2.33. The number of aliphatic hydroxyl groups is 1. The predicted molar refractivity (Wildman–Crippen MR) is 89.0 cm³/mol. The number of β-amino-alcohol motifs (C(OH)–C–C–N with tert-alkyl or cyclic N) is 1. The van der Waals surface area contributed by atoms with Crippen molar-refractivity contribution < 1.29 is 9.84 Å². The largest absolute Gasteiger partial charge is 0.389 e. The maximum absolute atomic E-state index is 10.2. The van der Waals surface area contributed by atoms with Crippen LogP contribution in [0.1, 0.15) is 23.0 Å². The SMILES string of the molecule is CN1CCN(CC(O)COC2C(=N)CCc3sccc32)CC1. The lowest BCUT2D eigenvalue weighted by atomic mass is 9.94. The summed E-state index contributed by atoms with van der Waals surface area (Å²) < 4.78 is 5.90. The number of hydrogen-bond acceptors (Lipinski definition) is 6. The van der Waals surface area contributed by atoms with E-state index in [-0.39, 0.29) is 6.10 Å². The van der Waals surface area contributed by atoms with Crippen LogP contribution in [0.4, 0.5) is 0 Å². The Kier molecular flexibility index (Phi) is 5.25. The molecule has 0 bridgehead atoms. The Morgan fingerprint density at radius 3 is 2.91 bits per heavy atom. The van der Waals surface area contributed by atoms with Crippen molar-refractivity contribution in [2.45, 2.75) is 25.0 Å². The molecule has 1 fully saturated rings. The second-order valence-electron chi connectivity index (χ2n) is 6.30. The Hall–Kier alpha value is -0.790. The van der Waals surface area contributed by atoms with Crippen LogP contribution in [-0.2, 0) is 11.2 Å². The quantitative estimate of drug-likeness (QED) is 0.859. The molecule has 0 amide bonds. The minimum Gasteiger partial charge on any atom is -0.389 e. The van der Waals surface area contributed by atoms with E-state index in [1.165, 1.54) is 4.88 Å². The molecule has 0 radical (unpaired) electrons. The van der Waals surface area contributed by atoms with Crippen molar-refractivity contribution in [3.8, 4) is 0 Å². The molecule has 2 N–H and O–H groups in total. The molecular weight excluding hydrogens is 298 g/mol. The number of thiophene rings is 1. The van der Waals surface area contributed by atoms with Crippen LogP contribution in [0.5, 0.6) is 0 Å². The first-order valence-electron chi connectivity index (χ1n) is 7.97. The van der Waals surface area contributed by atoms with Gasteiger partial charge in [0.25, 0.3) is 0 Å². The van der Waals surface area contributed by atoms with Crippen molar-refractivity contribution in [2.24, 2.45) is 0 Å². The number of aryl methyl sites for hydroxylation is 1. The molecule has 1 saturated heterocycles. The van der Waals surface area contributed by atoms with Gasteiger partial charge in [0.15, 0.2) is 0 Å². The number of hydrogen-bond donors (Lipinski definition) is 2. The summed E-state index contributed by atoms with van der Waals surface area (Å²) >= 11 is 1.74. The van der Waals surface area contributed by atoms with Crippen molar-refractivity contribution in [3.05, 3.63) is 21.9 Å². The third-order valence-corrected chi connectivity index (χ3v) is 5.52. The van der Waals surface area contributed by atoms with Crippen LogP contribution in [0.2, 0.25) is 0 Å². The van der Waals surface area contributed by atoms with E-state index < -0.39 is 6.10 Å². The number of nitrogens with one attached hydrogen (secondary N) is 1. The molecule has 2 heterocycles. The van der Waals surface area contributed by atoms with Crippen LogP contribution in [0.15, 0.2) is 11.4 Å². The number of likely N-dealkylation sites (N-methyl/N-ethyl adjacent to an activating group) is 1. The predicted octanol–water partition coefficient (Wildman–Crippen LogP) is 1.38. The molecule has 122 valence electrons. The lowest BCUT2D eigenvalue weighted by Crippen LogP contribution is -2.47. The third-order valence-electron chi connectivity index (χ3n) is 4.52. The van der Waals surface area contributed by atoms with Gasteiger partial charge in [0.2, 0.25) is 0 Å². The van der Waals surface area contributed by atoms with Gasteiger partial charge in [-0.25, -0.2) is 0 Å². The van der Waals surface area contributed by atoms with Crippen LogP contribution >= 0.6 is 11.3 Å². The van der Waals surface area contributed by atoms with Gasteiger partial charge < -0.3 is 20.2 Å². The zero-order valence-corrected chi connectivity index (χ0v) is 13.9. The summed E-state index contributed by atoms with van der Waals surface area (Å²) in [5.74, 6) is 0. The van der Waals surface area contributed by atoms with Gasteiger partial charge in [-0.3, -0.25) is 4.90 Å². The summed E-state index contributed by atoms with van der Waals surface area (Å²) in [5.41, 5.74) is 1.77. The fraction of sp³-hybridized carbons (Fsp3) is 0.688. The minimum absolute atomic E-state index is 0.253. The summed E-state index contributed by atoms with van der Waals surface area (Å²) in [7, 11) is 2.13. The summed E-state index contributed by atoms with van der Waals surface area (Å²) in [6.07, 6.45) is 0.986. The molecular formula is C16H25N3O2S. The maximum Gasteiger partial charge on any atom is 0.121 e. The standard InChI is InChI=1S/C16H25N3O2S/c1-18-5-7-19(8-6-18)10-12(20)11-21-16-13-4-9-22-15(13)3-2-14(16)17/h4,9,12,16-17,20H,2-3,5-8,10-11H2,1H3. The summed E-state index contributed by atoms with van der Waals surface area (Å²) in [6.45, 7) is 5.07. The van der Waals surface area contributed by atoms with Gasteiger partial charge in [0.05, 0.1) is 12.7 Å². The summed E-state index contributed by atoms with van der Waals surface area (Å²) in [6, 6.07) is 2.06. The van der Waals surface area contributed by atoms with E-state index in [0.717, 1.165) is 44.6 Å². The molecule has 1 aromatic heterocycles. The highest BCUT2D eigenvalue weighted by Crippen LogP contribution is 2.33. The Labute approximate surface area is 136 Å². The van der Waals surface area contributed by atoms with E-state index in [9.17, 15) is 5.11 Å². The molecule has 1 aliphatic carbocycles. The topological polar surface area (TPSA) is 59.8 Å². The van der Waals surface area contributed by atoms with Gasteiger partial charge in [-0.05, 0) is 31.3 Å². The van der Waals surface area contributed by atoms with E-state index in [4.69, 9.17) is 10.1 Å². The van der Waals surface area contributed by atoms with Crippen LogP contribution in [0.25, 0.3) is 0 Å². The molecule has 2 atom stereocenters. The van der Waals surface area contributed by atoms with E-state index >= 15 is 0 Å². The Morgan fingerprint density at radius 2 is 2.14 bits per heavy atom. The van der Waals surface area contributed by atoms with E-state index in [0.29, 0.717) is 18.9 Å². The average molecular weight is 323 g/mol. The molecule has 1 aliphatic heterocycles. The molecule has 0 aromatic carbocycles. The number of piperazine rings is 1. The summed E-state index contributed by atoms with van der Waals surface area (Å²) in [4.78, 5) is 5.92. The van der Waals surface area contributed by atoms with Gasteiger partial charge in [-0.15, -0.1) is 11.3 Å². The van der Waals surface area contributed by atoms with E-state index in [2.05, 4.69) is 28.3 Å². The molecule has 6 heteroatoms. The zero-order chi connectivity index (χ0) is 15.5. The van der Waals surface area contributed by atoms with Gasteiger partial charge in [-0.2, -0.15) is 0 Å². The highest BCUT2D eigenvalue weighted by molar-refractivity contribution is 7.10. The second-order valence-corrected chi connectivity index (χ2v) is 7.30. The van der Waals surface area contributed by atoms with Crippen LogP contribution in [0.3, 0.4) is 0 Å². The van der Waals surface area contributed by atoms with Crippen LogP contribution in [0, 0.1) is 5.41 Å². The van der Waals surface area contributed by atoms with Crippen LogP contribution in [-0.4, -0.2) is 73.1 Å². The molecule has 2 unspecified atom stereocenters. The fourth-order valence-electron chi connectivity index (χ4n) is 3.13. The number of rotatable bonds is 5. The van der Waals surface area contributed by atoms with E-state index in [1.54, 1.807) is 11.3 Å². The zero-order valence-electron chi connectivity index (χ0n) is 13.1. The van der Waals surface area contributed by atoms with Crippen molar-refractivity contribution in [1.82, 2.24) is 9.80 Å². The maximum atomic E-state index is 10.2. The van der Waals surface area contributed by atoms with Crippen molar-refractivity contribution in [1.29, 1.82) is 5.41 Å². The van der Waals surface area contributed by atoms with Gasteiger partial charge in [-0.1, -0.05) is 0 Å². The molecule has 1 aromatic rings. The first-order chi connectivity index (χ1) is 10.6. The number of fused-ring (bicyclic) bond motifs is 1. The first-order valence-corrected chi connectivity index (χ1v) is 8.85. The smallest absolute Gasteiger partial charge is 0.121 e. The molecule has 3 rings (SSSR count). The molecule has 2 aliphatic rings. The Bertz CT molecular complexity index is 511. The number of nitrogens with zero attached hydrogens (tertiary/aromatic N) is 2. The summed E-state index contributed by atoms with van der Waals surface area (Å²) in [5, 5.41) is 20.4. The van der Waals surface area contributed by atoms with Crippen molar-refractivity contribution in [2.75, 3.05) is 46.4 Å². The fourth-order valence-corrected chi connectivity index (χ4v) is 4.04. The Morgan fingerprint density at radius 1 is 1.36 bits per heavy atom. The molecule has 5 nitrogen and oxygen atoms in total. The molecule has 0 spiro atoms. The normalized spacial score (nSPS) is 25.2. The van der Waals surface area contributed by atoms with Crippen molar-refractivity contribution >= 4 is 17.0 Å². The number of aliphatic hydroxyl groups excluding tert-OH is 1. The van der Waals surface area contributed by atoms with Gasteiger partial charge in [0.1, 0.15) is 6.10 Å². The van der Waals surface area contributed by atoms with Gasteiger partial charge >= 0.3 is 0 Å². The second kappa shape index (κ2) is 7.19. The molecule has 22 heavy (non-hydrogen) atoms. The van der Waals surface area contributed by atoms with E-state index in [1.807, 2.05) is 0 Å². The van der Waals surface area contributed by atoms with Crippen LogP contribution < -0.4 is 0 Å². The Balaban J connectivity index is 1.49. The minimum atomic E-state index is -0.486. The number of ether oxygens (including phenoxy) is 1. The molecule has 0 saturated carbocycles. The highest BCUT2D eigenvalue weighted by atomic mass is 32.1. The average Bonchev–Trinajstić information content (AvgIpc) is 2.97.